The minimum atomic E-state index is 0.710. The van der Waals surface area contributed by atoms with Crippen LogP contribution in [-0.2, 0) is 5.75 Å². The van der Waals surface area contributed by atoms with Gasteiger partial charge in [0, 0.05) is 26.6 Å². The summed E-state index contributed by atoms with van der Waals surface area (Å²) in [4.78, 5) is 5.90. The third kappa shape index (κ3) is 4.04. The van der Waals surface area contributed by atoms with Gasteiger partial charge in [-0.2, -0.15) is 0 Å². The number of hydrogen-bond acceptors (Lipinski definition) is 5. The second-order valence-corrected chi connectivity index (χ2v) is 7.30. The van der Waals surface area contributed by atoms with Gasteiger partial charge in [-0.25, -0.2) is 4.98 Å². The van der Waals surface area contributed by atoms with Gasteiger partial charge < -0.3 is 9.47 Å². The fourth-order valence-corrected chi connectivity index (χ4v) is 4.00. The Hall–Kier alpha value is -1.69. The molecule has 0 spiro atoms. The van der Waals surface area contributed by atoms with Crippen molar-refractivity contribution >= 4 is 34.7 Å². The molecule has 0 amide bonds. The van der Waals surface area contributed by atoms with Crippen molar-refractivity contribution in [2.24, 2.45) is 0 Å². The molecule has 1 heterocycles. The highest BCUT2D eigenvalue weighted by molar-refractivity contribution is 7.98. The largest absolute Gasteiger partial charge is 0.493 e. The summed E-state index contributed by atoms with van der Waals surface area (Å²) in [6, 6.07) is 13.7. The first-order valence-electron chi connectivity index (χ1n) is 7.25. The van der Waals surface area contributed by atoms with E-state index in [1.807, 2.05) is 42.5 Å². The van der Waals surface area contributed by atoms with Crippen LogP contribution in [0.25, 0.3) is 10.6 Å². The van der Waals surface area contributed by atoms with Gasteiger partial charge in [0.2, 0.25) is 0 Å². The molecule has 0 N–H and O–H groups in total. The van der Waals surface area contributed by atoms with Crippen LogP contribution in [0.3, 0.4) is 0 Å². The minimum absolute atomic E-state index is 0.710. The van der Waals surface area contributed by atoms with Crippen LogP contribution in [0.2, 0.25) is 5.02 Å². The molecule has 1 aromatic heterocycles. The number of ether oxygens (including phenoxy) is 2. The predicted molar refractivity (Wildman–Crippen MR) is 102 cm³/mol. The van der Waals surface area contributed by atoms with Crippen LogP contribution in [0.5, 0.6) is 11.5 Å². The molecule has 3 nitrogen and oxygen atoms in total. The average Bonchev–Trinajstić information content (AvgIpc) is 3.09. The number of rotatable bonds is 6. The van der Waals surface area contributed by atoms with Gasteiger partial charge >= 0.3 is 0 Å². The minimum Gasteiger partial charge on any atom is -0.493 e. The van der Waals surface area contributed by atoms with Crippen LogP contribution < -0.4 is 9.47 Å². The molecule has 0 atom stereocenters. The first-order valence-corrected chi connectivity index (χ1v) is 9.49. The lowest BCUT2D eigenvalue weighted by atomic mass is 10.2. The predicted octanol–water partition coefficient (Wildman–Crippen LogP) is 5.77. The van der Waals surface area contributed by atoms with E-state index in [1.165, 1.54) is 4.90 Å². The monoisotopic (exact) mass is 377 g/mol. The van der Waals surface area contributed by atoms with E-state index in [2.05, 4.69) is 5.38 Å². The third-order valence-electron chi connectivity index (χ3n) is 3.38. The van der Waals surface area contributed by atoms with Crippen LogP contribution in [0.15, 0.2) is 52.7 Å². The molecule has 0 aliphatic rings. The molecular weight excluding hydrogens is 362 g/mol. The summed E-state index contributed by atoms with van der Waals surface area (Å²) in [6.45, 7) is 0. The van der Waals surface area contributed by atoms with Gasteiger partial charge in [-0.1, -0.05) is 11.6 Å². The topological polar surface area (TPSA) is 31.4 Å². The summed E-state index contributed by atoms with van der Waals surface area (Å²) in [5, 5.41) is 3.82. The molecule has 0 saturated heterocycles. The standard InChI is InChI=1S/C18H16ClNO2S2/c1-21-16-8-3-12(9-17(16)22-2)18-20-14(11-24-18)10-23-15-6-4-13(19)5-7-15/h3-9,11H,10H2,1-2H3. The molecule has 0 saturated carbocycles. The van der Waals surface area contributed by atoms with Crippen molar-refractivity contribution in [3.8, 4) is 22.1 Å². The highest BCUT2D eigenvalue weighted by Crippen LogP contribution is 2.34. The lowest BCUT2D eigenvalue weighted by Crippen LogP contribution is -1.90. The quantitative estimate of drug-likeness (QED) is 0.510. The maximum absolute atomic E-state index is 5.91. The second-order valence-electron chi connectivity index (χ2n) is 4.96. The summed E-state index contributed by atoms with van der Waals surface area (Å²) in [7, 11) is 3.27. The maximum atomic E-state index is 5.91. The van der Waals surface area contributed by atoms with E-state index in [-0.39, 0.29) is 0 Å². The SMILES string of the molecule is COc1ccc(-c2nc(CSc3ccc(Cl)cc3)cs2)cc1OC. The molecule has 3 rings (SSSR count). The Kier molecular flexibility index (Phi) is 5.66. The van der Waals surface area contributed by atoms with Gasteiger partial charge in [-0.15, -0.1) is 23.1 Å². The molecule has 2 aromatic carbocycles. The van der Waals surface area contributed by atoms with E-state index in [4.69, 9.17) is 26.1 Å². The number of hydrogen-bond donors (Lipinski definition) is 0. The Morgan fingerprint density at radius 3 is 2.50 bits per heavy atom. The van der Waals surface area contributed by atoms with Crippen molar-refractivity contribution < 1.29 is 9.47 Å². The average molecular weight is 378 g/mol. The number of nitrogens with zero attached hydrogens (tertiary/aromatic N) is 1. The summed E-state index contributed by atoms with van der Waals surface area (Å²) < 4.78 is 10.6. The first kappa shape index (κ1) is 17.1. The lowest BCUT2D eigenvalue weighted by molar-refractivity contribution is 0.355. The highest BCUT2D eigenvalue weighted by Gasteiger charge is 2.10. The van der Waals surface area contributed by atoms with E-state index in [0.29, 0.717) is 5.75 Å². The zero-order valence-corrected chi connectivity index (χ0v) is 15.7. The van der Waals surface area contributed by atoms with Gasteiger partial charge in [0.15, 0.2) is 11.5 Å². The molecule has 24 heavy (non-hydrogen) atoms. The number of aromatic nitrogens is 1. The van der Waals surface area contributed by atoms with Gasteiger partial charge in [-0.3, -0.25) is 0 Å². The molecule has 124 valence electrons. The summed E-state index contributed by atoms with van der Waals surface area (Å²) >= 11 is 9.28. The summed E-state index contributed by atoms with van der Waals surface area (Å²) in [5.41, 5.74) is 2.09. The molecule has 0 aliphatic carbocycles. The van der Waals surface area contributed by atoms with Crippen molar-refractivity contribution in [2.75, 3.05) is 14.2 Å². The van der Waals surface area contributed by atoms with Gasteiger partial charge in [0.25, 0.3) is 0 Å². The maximum Gasteiger partial charge on any atom is 0.161 e. The molecule has 0 radical (unpaired) electrons. The highest BCUT2D eigenvalue weighted by atomic mass is 35.5. The normalized spacial score (nSPS) is 10.6. The zero-order valence-electron chi connectivity index (χ0n) is 13.3. The van der Waals surface area contributed by atoms with Crippen LogP contribution in [0.1, 0.15) is 5.69 Å². The van der Waals surface area contributed by atoms with Crippen molar-refractivity contribution in [2.45, 2.75) is 10.6 Å². The third-order valence-corrected chi connectivity index (χ3v) is 5.62. The van der Waals surface area contributed by atoms with E-state index >= 15 is 0 Å². The molecule has 0 fully saturated rings. The lowest BCUT2D eigenvalue weighted by Gasteiger charge is -2.08. The van der Waals surface area contributed by atoms with Crippen LogP contribution in [-0.4, -0.2) is 19.2 Å². The second kappa shape index (κ2) is 7.92. The van der Waals surface area contributed by atoms with E-state index in [0.717, 1.165) is 32.8 Å². The van der Waals surface area contributed by atoms with E-state index in [9.17, 15) is 0 Å². The van der Waals surface area contributed by atoms with Gasteiger partial charge in [-0.05, 0) is 42.5 Å². The van der Waals surface area contributed by atoms with Crippen molar-refractivity contribution in [1.82, 2.24) is 4.98 Å². The summed E-state index contributed by atoms with van der Waals surface area (Å²) in [6.07, 6.45) is 0. The van der Waals surface area contributed by atoms with Crippen LogP contribution >= 0.6 is 34.7 Å². The first-order chi connectivity index (χ1) is 11.7. The van der Waals surface area contributed by atoms with Crippen LogP contribution in [0, 0.1) is 0 Å². The number of methoxy groups -OCH3 is 2. The van der Waals surface area contributed by atoms with Crippen molar-refractivity contribution in [3.63, 3.8) is 0 Å². The Balaban J connectivity index is 1.72. The molecule has 3 aromatic rings. The smallest absolute Gasteiger partial charge is 0.161 e. The molecule has 0 bridgehead atoms. The Labute approximate surface area is 154 Å². The molecule has 0 aliphatic heterocycles. The fraction of sp³-hybridized carbons (Fsp3) is 0.167. The summed E-state index contributed by atoms with van der Waals surface area (Å²) in [5.74, 6) is 2.25. The van der Waals surface area contributed by atoms with Gasteiger partial charge in [0.05, 0.1) is 19.9 Å². The Morgan fingerprint density at radius 2 is 1.79 bits per heavy atom. The Bertz CT molecular complexity index is 818. The number of benzene rings is 2. The van der Waals surface area contributed by atoms with Crippen LogP contribution in [0.4, 0.5) is 0 Å². The number of thiazole rings is 1. The molecule has 6 heteroatoms. The molecular formula is C18H16ClNO2S2. The number of thioether (sulfide) groups is 1. The van der Waals surface area contributed by atoms with Crippen molar-refractivity contribution in [1.29, 1.82) is 0 Å². The van der Waals surface area contributed by atoms with E-state index in [1.54, 1.807) is 37.3 Å². The fourth-order valence-electron chi connectivity index (χ4n) is 2.16. The van der Waals surface area contributed by atoms with Gasteiger partial charge in [0.1, 0.15) is 5.01 Å². The van der Waals surface area contributed by atoms with Crippen molar-refractivity contribution in [3.05, 3.63) is 58.6 Å². The zero-order chi connectivity index (χ0) is 16.9. The Morgan fingerprint density at radius 1 is 1.04 bits per heavy atom. The number of halogens is 1. The van der Waals surface area contributed by atoms with E-state index < -0.39 is 0 Å². The molecule has 0 unspecified atom stereocenters.